The second-order valence-corrected chi connectivity index (χ2v) is 4.21. The first-order valence-corrected chi connectivity index (χ1v) is 5.96. The Balaban J connectivity index is 2.32. The molecule has 0 aliphatic heterocycles. The molecule has 1 atom stereocenters. The van der Waals surface area contributed by atoms with Crippen molar-refractivity contribution < 1.29 is 9.18 Å². The molecule has 0 radical (unpaired) electrons. The molecule has 1 heterocycles. The van der Waals surface area contributed by atoms with Crippen LogP contribution in [0.3, 0.4) is 0 Å². The molecule has 20 heavy (non-hydrogen) atoms. The molecule has 4 nitrogen and oxygen atoms in total. The predicted octanol–water partition coefficient (Wildman–Crippen LogP) is 2.56. The zero-order valence-corrected chi connectivity index (χ0v) is 10.8. The number of hydrogen-bond acceptors (Lipinski definition) is 3. The third-order valence-electron chi connectivity index (χ3n) is 2.94. The quantitative estimate of drug-likeness (QED) is 0.860. The van der Waals surface area contributed by atoms with Crippen LogP contribution in [0.25, 0.3) is 0 Å². The number of carbonyl (C=O) groups is 1. The fourth-order valence-corrected chi connectivity index (χ4v) is 1.87. The number of halogens is 1. The Labute approximate surface area is 116 Å². The molecule has 5 heteroatoms. The Morgan fingerprint density at radius 3 is 2.70 bits per heavy atom. The second kappa shape index (κ2) is 5.93. The third kappa shape index (κ3) is 2.64. The number of nitrogens with zero attached hydrogens (tertiary/aromatic N) is 3. The predicted molar refractivity (Wildman–Crippen MR) is 71.1 cm³/mol. The van der Waals surface area contributed by atoms with E-state index in [4.69, 9.17) is 0 Å². The molecule has 1 aromatic heterocycles. The van der Waals surface area contributed by atoms with Gasteiger partial charge in [-0.1, -0.05) is 18.2 Å². The summed E-state index contributed by atoms with van der Waals surface area (Å²) in [4.78, 5) is 17.3. The van der Waals surface area contributed by atoms with Crippen LogP contribution in [-0.2, 0) is 0 Å². The Bertz CT molecular complexity index is 652. The van der Waals surface area contributed by atoms with Gasteiger partial charge in [0.15, 0.2) is 0 Å². The Morgan fingerprint density at radius 2 is 2.10 bits per heavy atom. The van der Waals surface area contributed by atoms with Crippen molar-refractivity contribution in [2.75, 3.05) is 7.05 Å². The molecule has 0 spiro atoms. The molecule has 100 valence electrons. The lowest BCUT2D eigenvalue weighted by atomic mass is 10.1. The number of carbonyl (C=O) groups excluding carboxylic acids is 1. The molecule has 1 amide bonds. The van der Waals surface area contributed by atoms with E-state index in [2.05, 4.69) is 4.98 Å². The number of benzene rings is 1. The van der Waals surface area contributed by atoms with Gasteiger partial charge in [-0.2, -0.15) is 5.26 Å². The summed E-state index contributed by atoms with van der Waals surface area (Å²) in [6.07, 6.45) is 2.96. The van der Waals surface area contributed by atoms with Crippen molar-refractivity contribution in [3.63, 3.8) is 0 Å². The smallest absolute Gasteiger partial charge is 0.256 e. The van der Waals surface area contributed by atoms with Gasteiger partial charge >= 0.3 is 0 Å². The highest BCUT2D eigenvalue weighted by Crippen LogP contribution is 2.22. The Hall–Kier alpha value is -2.74. The van der Waals surface area contributed by atoms with Gasteiger partial charge in [0.1, 0.15) is 11.9 Å². The van der Waals surface area contributed by atoms with Gasteiger partial charge in [0, 0.05) is 25.0 Å². The van der Waals surface area contributed by atoms with Gasteiger partial charge in [-0.05, 0) is 18.2 Å². The lowest BCUT2D eigenvalue weighted by molar-refractivity contribution is 0.0761. The van der Waals surface area contributed by atoms with Gasteiger partial charge in [0.25, 0.3) is 5.91 Å². The lowest BCUT2D eigenvalue weighted by Crippen LogP contribution is -2.31. The van der Waals surface area contributed by atoms with E-state index in [-0.39, 0.29) is 11.5 Å². The van der Waals surface area contributed by atoms with Crippen molar-refractivity contribution in [1.29, 1.82) is 5.26 Å². The minimum absolute atomic E-state index is 0.176. The van der Waals surface area contributed by atoms with E-state index < -0.39 is 11.9 Å². The van der Waals surface area contributed by atoms with Crippen molar-refractivity contribution in [3.05, 3.63) is 65.7 Å². The van der Waals surface area contributed by atoms with Crippen molar-refractivity contribution in [1.82, 2.24) is 9.88 Å². The average Bonchev–Trinajstić information content (AvgIpc) is 2.50. The lowest BCUT2D eigenvalue weighted by Gasteiger charge is -2.23. The topological polar surface area (TPSA) is 57.0 Å². The first-order valence-electron chi connectivity index (χ1n) is 5.96. The maximum absolute atomic E-state index is 13.8. The first-order chi connectivity index (χ1) is 9.65. The number of pyridine rings is 1. The Morgan fingerprint density at radius 1 is 1.35 bits per heavy atom. The van der Waals surface area contributed by atoms with Gasteiger partial charge in [-0.15, -0.1) is 0 Å². The zero-order chi connectivity index (χ0) is 14.5. The molecular weight excluding hydrogens is 257 g/mol. The summed E-state index contributed by atoms with van der Waals surface area (Å²) >= 11 is 0. The molecule has 1 aromatic carbocycles. The van der Waals surface area contributed by atoms with Crippen LogP contribution < -0.4 is 0 Å². The van der Waals surface area contributed by atoms with E-state index in [1.54, 1.807) is 24.4 Å². The molecule has 1 unspecified atom stereocenters. The monoisotopic (exact) mass is 269 g/mol. The van der Waals surface area contributed by atoms with Crippen LogP contribution in [-0.4, -0.2) is 22.8 Å². The molecule has 2 aromatic rings. The third-order valence-corrected chi connectivity index (χ3v) is 2.94. The maximum atomic E-state index is 13.8. The van der Waals surface area contributed by atoms with Crippen molar-refractivity contribution in [3.8, 4) is 6.07 Å². The molecule has 0 fully saturated rings. The summed E-state index contributed by atoms with van der Waals surface area (Å²) in [6, 6.07) is 10.1. The standard InChI is InChI=1S/C15H12FN3O/c1-19(15(20)11-5-4-8-18-10-11)14(9-17)12-6-2-3-7-13(12)16/h2-8,10,14H,1H3. The number of rotatable bonds is 3. The van der Waals surface area contributed by atoms with Gasteiger partial charge < -0.3 is 4.90 Å². The summed E-state index contributed by atoms with van der Waals surface area (Å²) in [5.74, 6) is -0.891. The molecule has 0 saturated carbocycles. The van der Waals surface area contributed by atoms with Crippen molar-refractivity contribution in [2.24, 2.45) is 0 Å². The number of nitriles is 1. The second-order valence-electron chi connectivity index (χ2n) is 4.21. The highest BCUT2D eigenvalue weighted by molar-refractivity contribution is 5.94. The molecule has 0 aliphatic carbocycles. The fourth-order valence-electron chi connectivity index (χ4n) is 1.87. The van der Waals surface area contributed by atoms with Crippen LogP contribution in [0.1, 0.15) is 22.0 Å². The molecule has 2 rings (SSSR count). The summed E-state index contributed by atoms with van der Waals surface area (Å²) in [5, 5.41) is 9.24. The summed E-state index contributed by atoms with van der Waals surface area (Å²) in [5.41, 5.74) is 0.529. The molecule has 0 bridgehead atoms. The highest BCUT2D eigenvalue weighted by Gasteiger charge is 2.24. The highest BCUT2D eigenvalue weighted by atomic mass is 19.1. The fraction of sp³-hybridized carbons (Fsp3) is 0.133. The van der Waals surface area contributed by atoms with E-state index in [1.807, 2.05) is 6.07 Å². The van der Waals surface area contributed by atoms with Crippen LogP contribution in [0.15, 0.2) is 48.8 Å². The molecular formula is C15H12FN3O. The minimum atomic E-state index is -0.982. The number of aromatic nitrogens is 1. The normalized spacial score (nSPS) is 11.4. The van der Waals surface area contributed by atoms with E-state index in [0.717, 1.165) is 0 Å². The van der Waals surface area contributed by atoms with E-state index in [1.165, 1.54) is 36.3 Å². The first kappa shape index (κ1) is 13.7. The largest absolute Gasteiger partial charge is 0.321 e. The van der Waals surface area contributed by atoms with E-state index in [9.17, 15) is 14.4 Å². The number of hydrogen-bond donors (Lipinski definition) is 0. The van der Waals surface area contributed by atoms with Crippen LogP contribution in [0.2, 0.25) is 0 Å². The maximum Gasteiger partial charge on any atom is 0.256 e. The van der Waals surface area contributed by atoms with Crippen molar-refractivity contribution >= 4 is 5.91 Å². The van der Waals surface area contributed by atoms with Gasteiger partial charge in [-0.3, -0.25) is 9.78 Å². The van der Waals surface area contributed by atoms with Crippen LogP contribution in [0, 0.1) is 17.1 Å². The van der Waals surface area contributed by atoms with E-state index >= 15 is 0 Å². The SMILES string of the molecule is CN(C(=O)c1cccnc1)C(C#N)c1ccccc1F. The van der Waals surface area contributed by atoms with Crippen molar-refractivity contribution in [2.45, 2.75) is 6.04 Å². The average molecular weight is 269 g/mol. The van der Waals surface area contributed by atoms with Gasteiger partial charge in [-0.25, -0.2) is 4.39 Å². The summed E-state index contributed by atoms with van der Waals surface area (Å²) in [6.45, 7) is 0. The van der Waals surface area contributed by atoms with Gasteiger partial charge in [0.2, 0.25) is 0 Å². The summed E-state index contributed by atoms with van der Waals surface area (Å²) in [7, 11) is 1.47. The van der Waals surface area contributed by atoms with Crippen LogP contribution in [0.5, 0.6) is 0 Å². The van der Waals surface area contributed by atoms with Gasteiger partial charge in [0.05, 0.1) is 11.6 Å². The molecule has 0 saturated heterocycles. The minimum Gasteiger partial charge on any atom is -0.321 e. The molecule has 0 aliphatic rings. The Kier molecular flexibility index (Phi) is 4.06. The number of amides is 1. The van der Waals surface area contributed by atoms with Crippen LogP contribution in [0.4, 0.5) is 4.39 Å². The molecule has 0 N–H and O–H groups in total. The zero-order valence-electron chi connectivity index (χ0n) is 10.8. The summed E-state index contributed by atoms with van der Waals surface area (Å²) < 4.78 is 13.8. The van der Waals surface area contributed by atoms with Crippen LogP contribution >= 0.6 is 0 Å². The van der Waals surface area contributed by atoms with E-state index in [0.29, 0.717) is 5.56 Å².